The summed E-state index contributed by atoms with van der Waals surface area (Å²) in [7, 11) is 1.28. The highest BCUT2D eigenvalue weighted by Crippen LogP contribution is 2.40. The first-order chi connectivity index (χ1) is 24.7. The highest BCUT2D eigenvalue weighted by Gasteiger charge is 2.38. The summed E-state index contributed by atoms with van der Waals surface area (Å²) in [6, 6.07) is 35.8. The van der Waals surface area contributed by atoms with Gasteiger partial charge in [0.15, 0.2) is 0 Å². The Bertz CT molecular complexity index is 1880. The Balaban J connectivity index is 1.08. The minimum Gasteiger partial charge on any atom is -0.466 e. The summed E-state index contributed by atoms with van der Waals surface area (Å²) in [4.78, 5) is 42.3. The molecular weight excluding hydrogens is 644 g/mol. The van der Waals surface area contributed by atoms with Crippen molar-refractivity contribution in [2.24, 2.45) is 0 Å². The number of carbonyl (C=O) groups excluding carboxylic acids is 2. The van der Waals surface area contributed by atoms with Crippen molar-refractivity contribution < 1.29 is 24.0 Å². The molecule has 10 nitrogen and oxygen atoms in total. The third kappa shape index (κ3) is 7.86. The Kier molecular flexibility index (Phi) is 10.9. The van der Waals surface area contributed by atoms with Gasteiger partial charge in [-0.15, -0.1) is 0 Å². The number of nitro groups is 1. The molecule has 0 radical (unpaired) electrons. The fourth-order valence-electron chi connectivity index (χ4n) is 7.10. The second-order valence-electron chi connectivity index (χ2n) is 12.8. The fraction of sp³-hybridized carbons (Fsp3) is 0.268. The van der Waals surface area contributed by atoms with Gasteiger partial charge in [0.2, 0.25) is 0 Å². The third-order valence-corrected chi connectivity index (χ3v) is 9.66. The summed E-state index contributed by atoms with van der Waals surface area (Å²) < 4.78 is 10.8. The molecule has 0 spiro atoms. The molecule has 0 aliphatic carbocycles. The maximum absolute atomic E-state index is 13.6. The van der Waals surface area contributed by atoms with Gasteiger partial charge in [0.25, 0.3) is 5.69 Å². The molecule has 262 valence electrons. The Hall–Kier alpha value is -5.74. The van der Waals surface area contributed by atoms with Crippen LogP contribution in [0.3, 0.4) is 0 Å². The molecule has 1 unspecified atom stereocenters. The number of nitrogens with zero attached hydrogens (tertiary/aromatic N) is 3. The van der Waals surface area contributed by atoms with Gasteiger partial charge in [0.05, 0.1) is 41.7 Å². The summed E-state index contributed by atoms with van der Waals surface area (Å²) in [6.07, 6.45) is 0.510. The van der Waals surface area contributed by atoms with E-state index < -0.39 is 22.8 Å². The van der Waals surface area contributed by atoms with Crippen molar-refractivity contribution in [3.8, 4) is 0 Å². The van der Waals surface area contributed by atoms with E-state index in [0.717, 1.165) is 37.4 Å². The standard InChI is InChI=1S/C41H42N4O6/c1-28-36(40(46)50-3)38(31-16-20-35(21-17-31)45(48)49)37(29(2)42-28)41(47)51-27-22-30-14-18-34(19-15-30)43-23-25-44(26-24-43)39(32-10-6-4-7-11-32)33-12-8-5-9-13-33/h4-21,38-39,42H,22-27H2,1-3H3. The molecule has 1 atom stereocenters. The van der Waals surface area contributed by atoms with E-state index in [2.05, 4.69) is 100 Å². The molecule has 51 heavy (non-hydrogen) atoms. The first-order valence-corrected chi connectivity index (χ1v) is 17.1. The number of ether oxygens (including phenoxy) is 2. The van der Waals surface area contributed by atoms with Crippen molar-refractivity contribution in [1.29, 1.82) is 0 Å². The Labute approximate surface area is 298 Å². The molecule has 10 heteroatoms. The first kappa shape index (κ1) is 35.1. The van der Waals surface area contributed by atoms with Gasteiger partial charge in [-0.1, -0.05) is 84.9 Å². The summed E-state index contributed by atoms with van der Waals surface area (Å²) in [5, 5.41) is 14.4. The largest absolute Gasteiger partial charge is 0.466 e. The number of methoxy groups -OCH3 is 1. The normalized spacial score (nSPS) is 16.5. The van der Waals surface area contributed by atoms with Crippen LogP contribution in [0.25, 0.3) is 0 Å². The second-order valence-corrected chi connectivity index (χ2v) is 12.8. The molecule has 0 aromatic heterocycles. The molecular formula is C41H42N4O6. The van der Waals surface area contributed by atoms with Crippen LogP contribution in [-0.4, -0.2) is 61.7 Å². The number of anilines is 1. The summed E-state index contributed by atoms with van der Waals surface area (Å²) in [5.74, 6) is -1.99. The van der Waals surface area contributed by atoms with Crippen LogP contribution in [0.5, 0.6) is 0 Å². The van der Waals surface area contributed by atoms with Gasteiger partial charge in [-0.05, 0) is 48.2 Å². The van der Waals surface area contributed by atoms with E-state index in [9.17, 15) is 19.7 Å². The molecule has 2 aliphatic heterocycles. The molecule has 0 bridgehead atoms. The van der Waals surface area contributed by atoms with Crippen molar-refractivity contribution >= 4 is 23.3 Å². The van der Waals surface area contributed by atoms with Crippen LogP contribution < -0.4 is 10.2 Å². The topological polar surface area (TPSA) is 114 Å². The van der Waals surface area contributed by atoms with Crippen LogP contribution >= 0.6 is 0 Å². The zero-order chi connectivity index (χ0) is 35.9. The van der Waals surface area contributed by atoms with E-state index in [4.69, 9.17) is 9.47 Å². The number of nitrogens with one attached hydrogen (secondary N) is 1. The smallest absolute Gasteiger partial charge is 0.336 e. The summed E-state index contributed by atoms with van der Waals surface area (Å²) in [5.41, 5.74) is 6.81. The van der Waals surface area contributed by atoms with Gasteiger partial charge in [0.1, 0.15) is 0 Å². The first-order valence-electron chi connectivity index (χ1n) is 17.1. The molecule has 4 aromatic rings. The quantitative estimate of drug-likeness (QED) is 0.105. The number of benzene rings is 4. The fourth-order valence-corrected chi connectivity index (χ4v) is 7.10. The molecule has 6 rings (SSSR count). The van der Waals surface area contributed by atoms with Crippen LogP contribution in [0.15, 0.2) is 132 Å². The predicted octanol–water partition coefficient (Wildman–Crippen LogP) is 6.70. The molecule has 1 fully saturated rings. The van der Waals surface area contributed by atoms with Gasteiger partial charge in [0, 0.05) is 61.8 Å². The molecule has 4 aromatic carbocycles. The van der Waals surface area contributed by atoms with E-state index in [1.165, 1.54) is 30.4 Å². The highest BCUT2D eigenvalue weighted by atomic mass is 16.6. The van der Waals surface area contributed by atoms with Gasteiger partial charge < -0.3 is 19.7 Å². The average Bonchev–Trinajstić information content (AvgIpc) is 3.16. The molecule has 1 saturated heterocycles. The van der Waals surface area contributed by atoms with Crippen molar-refractivity contribution in [3.05, 3.63) is 164 Å². The van der Waals surface area contributed by atoms with Crippen LogP contribution in [0.2, 0.25) is 0 Å². The number of piperazine rings is 1. The van der Waals surface area contributed by atoms with Crippen molar-refractivity contribution in [1.82, 2.24) is 10.2 Å². The lowest BCUT2D eigenvalue weighted by molar-refractivity contribution is -0.384. The number of rotatable bonds is 11. The molecule has 2 heterocycles. The highest BCUT2D eigenvalue weighted by molar-refractivity contribution is 5.99. The number of hydrogen-bond acceptors (Lipinski definition) is 9. The van der Waals surface area contributed by atoms with Crippen LogP contribution in [0, 0.1) is 10.1 Å². The number of carbonyl (C=O) groups is 2. The number of allylic oxidation sites excluding steroid dienone is 2. The van der Waals surface area contributed by atoms with E-state index in [1.54, 1.807) is 26.0 Å². The van der Waals surface area contributed by atoms with Crippen LogP contribution in [-0.2, 0) is 25.5 Å². The Morgan fingerprint density at radius 3 is 1.86 bits per heavy atom. The van der Waals surface area contributed by atoms with Gasteiger partial charge in [-0.25, -0.2) is 9.59 Å². The van der Waals surface area contributed by atoms with E-state index in [1.807, 2.05) is 0 Å². The number of non-ortho nitro benzene ring substituents is 1. The number of hydrogen-bond donors (Lipinski definition) is 1. The van der Waals surface area contributed by atoms with Crippen molar-refractivity contribution in [2.45, 2.75) is 32.2 Å². The van der Waals surface area contributed by atoms with Crippen molar-refractivity contribution in [3.63, 3.8) is 0 Å². The lowest BCUT2D eigenvalue weighted by Gasteiger charge is -2.40. The molecule has 0 amide bonds. The maximum Gasteiger partial charge on any atom is 0.336 e. The van der Waals surface area contributed by atoms with Crippen LogP contribution in [0.4, 0.5) is 11.4 Å². The van der Waals surface area contributed by atoms with E-state index >= 15 is 0 Å². The minimum atomic E-state index is -0.817. The van der Waals surface area contributed by atoms with Gasteiger partial charge in [-0.3, -0.25) is 15.0 Å². The lowest BCUT2D eigenvalue weighted by Crippen LogP contribution is -2.48. The maximum atomic E-state index is 13.6. The number of nitro benzene ring substituents is 1. The zero-order valence-corrected chi connectivity index (χ0v) is 29.1. The van der Waals surface area contributed by atoms with Crippen molar-refractivity contribution in [2.75, 3.05) is 44.8 Å². The lowest BCUT2D eigenvalue weighted by atomic mass is 9.80. The summed E-state index contributed by atoms with van der Waals surface area (Å²) in [6.45, 7) is 7.30. The van der Waals surface area contributed by atoms with Gasteiger partial charge >= 0.3 is 11.9 Å². The Morgan fingerprint density at radius 1 is 0.784 bits per heavy atom. The predicted molar refractivity (Wildman–Crippen MR) is 196 cm³/mol. The Morgan fingerprint density at radius 2 is 1.33 bits per heavy atom. The SMILES string of the molecule is COC(=O)C1=C(C)NC(C)=C(C(=O)OCCc2ccc(N3CCN(C(c4ccccc4)c4ccccc4)CC3)cc2)C1c1ccc([N+](=O)[O-])cc1. The molecule has 1 N–H and O–H groups in total. The van der Waals surface area contributed by atoms with E-state index in [-0.39, 0.29) is 29.5 Å². The average molecular weight is 687 g/mol. The number of esters is 2. The summed E-state index contributed by atoms with van der Waals surface area (Å²) >= 11 is 0. The minimum absolute atomic E-state index is 0.0918. The van der Waals surface area contributed by atoms with Gasteiger partial charge in [-0.2, -0.15) is 0 Å². The molecule has 0 saturated carbocycles. The second kappa shape index (κ2) is 15.9. The molecule has 2 aliphatic rings. The number of dihydropyridines is 1. The van der Waals surface area contributed by atoms with E-state index in [0.29, 0.717) is 23.4 Å². The zero-order valence-electron chi connectivity index (χ0n) is 29.1. The third-order valence-electron chi connectivity index (χ3n) is 9.66. The van der Waals surface area contributed by atoms with Crippen LogP contribution in [0.1, 0.15) is 48.1 Å². The monoisotopic (exact) mass is 686 g/mol.